The lowest BCUT2D eigenvalue weighted by molar-refractivity contribution is -0.137. The molecule has 7 heteroatoms. The molecule has 0 saturated heterocycles. The molecule has 0 fully saturated rings. The van der Waals surface area contributed by atoms with Crippen LogP contribution in [0.25, 0.3) is 5.65 Å². The van der Waals surface area contributed by atoms with Crippen LogP contribution in [-0.4, -0.2) is 44.4 Å². The molecule has 23 heavy (non-hydrogen) atoms. The number of halogens is 1. The summed E-state index contributed by atoms with van der Waals surface area (Å²) >= 11 is 3.48. The van der Waals surface area contributed by atoms with Gasteiger partial charge in [-0.1, -0.05) is 6.92 Å². The number of hydrogen-bond donors (Lipinski definition) is 1. The van der Waals surface area contributed by atoms with Gasteiger partial charge < -0.3 is 10.0 Å². The Bertz CT molecular complexity index is 755. The van der Waals surface area contributed by atoms with Crippen LogP contribution in [0.1, 0.15) is 41.5 Å². The number of imidazole rings is 1. The Kier molecular flexibility index (Phi) is 5.41. The maximum Gasteiger partial charge on any atom is 0.305 e. The predicted octanol–water partition coefficient (Wildman–Crippen LogP) is 3.04. The maximum atomic E-state index is 12.9. The summed E-state index contributed by atoms with van der Waals surface area (Å²) < 4.78 is 2.60. The highest BCUT2D eigenvalue weighted by Crippen LogP contribution is 2.23. The van der Waals surface area contributed by atoms with E-state index < -0.39 is 5.97 Å². The van der Waals surface area contributed by atoms with Gasteiger partial charge in [0, 0.05) is 19.3 Å². The van der Waals surface area contributed by atoms with E-state index in [1.54, 1.807) is 16.2 Å². The summed E-state index contributed by atoms with van der Waals surface area (Å²) in [4.78, 5) is 29.8. The maximum absolute atomic E-state index is 12.9. The fourth-order valence-electron chi connectivity index (χ4n) is 2.57. The molecule has 0 unspecified atom stereocenters. The number of aromatic nitrogens is 2. The third-order valence-electron chi connectivity index (χ3n) is 3.57. The van der Waals surface area contributed by atoms with Gasteiger partial charge in [-0.3, -0.25) is 14.0 Å². The molecule has 0 aliphatic carbocycles. The average molecular weight is 382 g/mol. The first kappa shape index (κ1) is 17.5. The van der Waals surface area contributed by atoms with Gasteiger partial charge in [0.15, 0.2) is 5.65 Å². The number of aryl methyl sites for hydroxylation is 2. The van der Waals surface area contributed by atoms with Crippen LogP contribution < -0.4 is 0 Å². The lowest BCUT2D eigenvalue weighted by Crippen LogP contribution is -2.34. The van der Waals surface area contributed by atoms with Crippen molar-refractivity contribution < 1.29 is 14.7 Å². The number of pyridine rings is 1. The second kappa shape index (κ2) is 7.12. The zero-order valence-electron chi connectivity index (χ0n) is 13.5. The molecule has 0 aliphatic rings. The van der Waals surface area contributed by atoms with Gasteiger partial charge in [0.05, 0.1) is 16.6 Å². The van der Waals surface area contributed by atoms with Crippen LogP contribution in [0.5, 0.6) is 0 Å². The highest BCUT2D eigenvalue weighted by molar-refractivity contribution is 9.10. The minimum absolute atomic E-state index is 0.0652. The van der Waals surface area contributed by atoms with E-state index in [9.17, 15) is 9.59 Å². The van der Waals surface area contributed by atoms with Crippen molar-refractivity contribution in [2.75, 3.05) is 13.1 Å². The van der Waals surface area contributed by atoms with Crippen molar-refractivity contribution in [1.29, 1.82) is 0 Å². The molecular formula is C16H20BrN3O3. The molecule has 0 saturated carbocycles. The summed E-state index contributed by atoms with van der Waals surface area (Å²) in [5.41, 5.74) is 2.82. The molecule has 2 aromatic rings. The van der Waals surface area contributed by atoms with Gasteiger partial charge in [0.1, 0.15) is 5.69 Å². The average Bonchev–Trinajstić information content (AvgIpc) is 2.79. The zero-order chi connectivity index (χ0) is 17.1. The van der Waals surface area contributed by atoms with Gasteiger partial charge in [-0.05, 0) is 47.8 Å². The van der Waals surface area contributed by atoms with E-state index in [1.165, 1.54) is 0 Å². The molecule has 0 spiro atoms. The quantitative estimate of drug-likeness (QED) is 0.834. The first-order chi connectivity index (χ1) is 10.8. The molecule has 1 amide bonds. The largest absolute Gasteiger partial charge is 0.481 e. The normalized spacial score (nSPS) is 11.0. The molecule has 0 aliphatic heterocycles. The monoisotopic (exact) mass is 381 g/mol. The number of carbonyl (C=O) groups is 2. The van der Waals surface area contributed by atoms with E-state index >= 15 is 0 Å². The molecule has 0 bridgehead atoms. The molecule has 0 atom stereocenters. The minimum Gasteiger partial charge on any atom is -0.481 e. The summed E-state index contributed by atoms with van der Waals surface area (Å²) in [6, 6.07) is 1.95. The Hall–Kier alpha value is -1.89. The van der Waals surface area contributed by atoms with Crippen LogP contribution in [0.2, 0.25) is 0 Å². The predicted molar refractivity (Wildman–Crippen MR) is 90.8 cm³/mol. The molecule has 0 aromatic carbocycles. The van der Waals surface area contributed by atoms with E-state index in [-0.39, 0.29) is 18.9 Å². The Morgan fingerprint density at radius 2 is 2.04 bits per heavy atom. The Morgan fingerprint density at radius 1 is 1.35 bits per heavy atom. The highest BCUT2D eigenvalue weighted by Gasteiger charge is 2.23. The van der Waals surface area contributed by atoms with Crippen molar-refractivity contribution in [2.24, 2.45) is 0 Å². The number of fused-ring (bicyclic) bond motifs is 1. The van der Waals surface area contributed by atoms with Gasteiger partial charge in [-0.15, -0.1) is 0 Å². The van der Waals surface area contributed by atoms with E-state index in [0.29, 0.717) is 23.6 Å². The molecule has 6 nitrogen and oxygen atoms in total. The molecule has 1 N–H and O–H groups in total. The van der Waals surface area contributed by atoms with Crippen LogP contribution in [-0.2, 0) is 4.79 Å². The van der Waals surface area contributed by atoms with Crippen molar-refractivity contribution in [3.05, 3.63) is 33.7 Å². The van der Waals surface area contributed by atoms with Crippen molar-refractivity contribution >= 4 is 33.5 Å². The van der Waals surface area contributed by atoms with E-state index in [2.05, 4.69) is 20.9 Å². The Morgan fingerprint density at radius 3 is 2.65 bits per heavy atom. The number of hydrogen-bond acceptors (Lipinski definition) is 3. The van der Waals surface area contributed by atoms with Crippen molar-refractivity contribution in [2.45, 2.75) is 33.6 Å². The van der Waals surface area contributed by atoms with Gasteiger partial charge >= 0.3 is 5.97 Å². The molecular weight excluding hydrogens is 362 g/mol. The standard InChI is InChI=1S/C16H20BrN3O3/c1-4-6-19(7-5-13(21)22)16(23)14-11(3)18-15-12(17)8-10(2)9-20(14)15/h8-9H,4-7H2,1-3H3,(H,21,22). The van der Waals surface area contributed by atoms with Crippen LogP contribution in [0.15, 0.2) is 16.7 Å². The number of nitrogens with zero attached hydrogens (tertiary/aromatic N) is 3. The number of aliphatic carboxylic acids is 1. The van der Waals surface area contributed by atoms with Crippen LogP contribution in [0, 0.1) is 13.8 Å². The van der Waals surface area contributed by atoms with Crippen LogP contribution in [0.4, 0.5) is 0 Å². The van der Waals surface area contributed by atoms with E-state index in [4.69, 9.17) is 5.11 Å². The second-order valence-electron chi connectivity index (χ2n) is 5.54. The first-order valence-electron chi connectivity index (χ1n) is 7.51. The molecule has 124 valence electrons. The molecule has 0 radical (unpaired) electrons. The summed E-state index contributed by atoms with van der Waals surface area (Å²) in [6.07, 6.45) is 2.57. The second-order valence-corrected chi connectivity index (χ2v) is 6.40. The van der Waals surface area contributed by atoms with E-state index in [1.807, 2.05) is 26.1 Å². The van der Waals surface area contributed by atoms with Gasteiger partial charge in [0.25, 0.3) is 5.91 Å². The molecule has 2 aromatic heterocycles. The molecule has 2 rings (SSSR count). The van der Waals surface area contributed by atoms with Crippen molar-refractivity contribution in [1.82, 2.24) is 14.3 Å². The summed E-state index contributed by atoms with van der Waals surface area (Å²) in [6.45, 7) is 6.42. The lowest BCUT2D eigenvalue weighted by Gasteiger charge is -2.21. The smallest absolute Gasteiger partial charge is 0.305 e. The topological polar surface area (TPSA) is 74.9 Å². The number of carbonyl (C=O) groups excluding carboxylic acids is 1. The summed E-state index contributed by atoms with van der Waals surface area (Å²) in [5, 5.41) is 8.88. The van der Waals surface area contributed by atoms with Crippen LogP contribution >= 0.6 is 15.9 Å². The van der Waals surface area contributed by atoms with Gasteiger partial charge in [0.2, 0.25) is 0 Å². The third kappa shape index (κ3) is 3.72. The fraction of sp³-hybridized carbons (Fsp3) is 0.438. The number of carboxylic acids is 1. The fourth-order valence-corrected chi connectivity index (χ4v) is 3.21. The van der Waals surface area contributed by atoms with Crippen molar-refractivity contribution in [3.8, 4) is 0 Å². The Balaban J connectivity index is 2.46. The first-order valence-corrected chi connectivity index (χ1v) is 8.30. The lowest BCUT2D eigenvalue weighted by atomic mass is 10.2. The summed E-state index contributed by atoms with van der Waals surface area (Å²) in [7, 11) is 0. The third-order valence-corrected chi connectivity index (χ3v) is 4.15. The summed E-state index contributed by atoms with van der Waals surface area (Å²) in [5.74, 6) is -1.09. The van der Waals surface area contributed by atoms with Crippen molar-refractivity contribution in [3.63, 3.8) is 0 Å². The SMILES string of the molecule is CCCN(CCC(=O)O)C(=O)c1c(C)nc2c(Br)cc(C)cn12. The number of amides is 1. The van der Waals surface area contributed by atoms with Gasteiger partial charge in [-0.2, -0.15) is 0 Å². The number of carboxylic acid groups (broad SMARTS) is 1. The highest BCUT2D eigenvalue weighted by atomic mass is 79.9. The molecule has 2 heterocycles. The minimum atomic E-state index is -0.910. The van der Waals surface area contributed by atoms with Crippen LogP contribution in [0.3, 0.4) is 0 Å². The zero-order valence-corrected chi connectivity index (χ0v) is 15.1. The number of rotatable bonds is 6. The Labute approximate surface area is 143 Å². The van der Waals surface area contributed by atoms with Gasteiger partial charge in [-0.25, -0.2) is 4.98 Å². The van der Waals surface area contributed by atoms with E-state index in [0.717, 1.165) is 16.5 Å².